The van der Waals surface area contributed by atoms with Crippen LogP contribution < -0.4 is 5.56 Å². The fourth-order valence-corrected chi connectivity index (χ4v) is 1.97. The molecular formula is C13H18N4O4. The van der Waals surface area contributed by atoms with Gasteiger partial charge in [0.15, 0.2) is 5.56 Å². The van der Waals surface area contributed by atoms with Crippen molar-refractivity contribution in [2.45, 2.75) is 33.7 Å². The van der Waals surface area contributed by atoms with Gasteiger partial charge in [0.25, 0.3) is 5.56 Å². The average molecular weight is 294 g/mol. The van der Waals surface area contributed by atoms with Crippen LogP contribution in [0.1, 0.15) is 37.6 Å². The maximum atomic E-state index is 12.2. The van der Waals surface area contributed by atoms with Crippen LogP contribution in [0.25, 0.3) is 5.78 Å². The first kappa shape index (κ1) is 15.0. The SMILES string of the molecule is CCOC(=O)c1c(O)n(CCC(C)C)c2ncnn2c1=O. The first-order valence-corrected chi connectivity index (χ1v) is 6.80. The number of hydrogen-bond acceptors (Lipinski definition) is 6. The number of fused-ring (bicyclic) bond motifs is 1. The third-order valence-electron chi connectivity index (χ3n) is 3.07. The summed E-state index contributed by atoms with van der Waals surface area (Å²) in [5.74, 6) is -0.709. The zero-order valence-corrected chi connectivity index (χ0v) is 12.2. The molecule has 0 aliphatic rings. The minimum atomic E-state index is -0.865. The van der Waals surface area contributed by atoms with E-state index in [4.69, 9.17) is 4.74 Å². The number of ether oxygens (including phenoxy) is 1. The second-order valence-electron chi connectivity index (χ2n) is 5.03. The summed E-state index contributed by atoms with van der Waals surface area (Å²) in [5.41, 5.74) is -1.15. The highest BCUT2D eigenvalue weighted by Gasteiger charge is 2.24. The zero-order chi connectivity index (χ0) is 15.6. The van der Waals surface area contributed by atoms with E-state index in [1.807, 2.05) is 13.8 Å². The standard InChI is InChI=1S/C13H18N4O4/c1-4-21-12(20)9-10(18)16(6-5-8(2)3)13-14-7-15-17(13)11(9)19/h7-8,18H,4-6H2,1-3H3. The Hall–Kier alpha value is -2.38. The number of carbonyl (C=O) groups is 1. The van der Waals surface area contributed by atoms with Gasteiger partial charge in [-0.25, -0.2) is 4.79 Å². The summed E-state index contributed by atoms with van der Waals surface area (Å²) in [6.45, 7) is 6.22. The van der Waals surface area contributed by atoms with Crippen molar-refractivity contribution in [2.24, 2.45) is 5.92 Å². The van der Waals surface area contributed by atoms with Crippen molar-refractivity contribution in [2.75, 3.05) is 6.61 Å². The Kier molecular flexibility index (Phi) is 4.25. The molecule has 0 unspecified atom stereocenters. The lowest BCUT2D eigenvalue weighted by molar-refractivity contribution is 0.0518. The number of rotatable bonds is 5. The molecule has 0 saturated carbocycles. The first-order chi connectivity index (χ1) is 9.97. The van der Waals surface area contributed by atoms with Gasteiger partial charge in [0.2, 0.25) is 11.7 Å². The highest BCUT2D eigenvalue weighted by atomic mass is 16.5. The molecule has 0 aromatic carbocycles. The van der Waals surface area contributed by atoms with Crippen LogP contribution in [0.4, 0.5) is 0 Å². The van der Waals surface area contributed by atoms with Gasteiger partial charge >= 0.3 is 5.97 Å². The van der Waals surface area contributed by atoms with Crippen molar-refractivity contribution in [1.82, 2.24) is 19.2 Å². The third-order valence-corrected chi connectivity index (χ3v) is 3.07. The lowest BCUT2D eigenvalue weighted by atomic mass is 10.1. The van der Waals surface area contributed by atoms with E-state index in [1.54, 1.807) is 6.92 Å². The second kappa shape index (κ2) is 5.94. The molecule has 0 aliphatic carbocycles. The van der Waals surface area contributed by atoms with E-state index >= 15 is 0 Å². The first-order valence-electron chi connectivity index (χ1n) is 6.80. The van der Waals surface area contributed by atoms with E-state index in [-0.39, 0.29) is 12.4 Å². The van der Waals surface area contributed by atoms with Gasteiger partial charge in [0.05, 0.1) is 6.61 Å². The average Bonchev–Trinajstić information content (AvgIpc) is 2.88. The maximum Gasteiger partial charge on any atom is 0.349 e. The van der Waals surface area contributed by atoms with Gasteiger partial charge < -0.3 is 9.84 Å². The number of aromatic nitrogens is 4. The molecule has 114 valence electrons. The van der Waals surface area contributed by atoms with Gasteiger partial charge in [-0.05, 0) is 19.3 Å². The lowest BCUT2D eigenvalue weighted by Gasteiger charge is -2.14. The predicted molar refractivity (Wildman–Crippen MR) is 74.3 cm³/mol. The Morgan fingerprint density at radius 3 is 2.81 bits per heavy atom. The zero-order valence-electron chi connectivity index (χ0n) is 12.2. The quantitative estimate of drug-likeness (QED) is 0.820. The molecule has 1 N–H and O–H groups in total. The highest BCUT2D eigenvalue weighted by molar-refractivity contribution is 5.91. The summed E-state index contributed by atoms with van der Waals surface area (Å²) in [6, 6.07) is 0. The van der Waals surface area contributed by atoms with Gasteiger partial charge in [0.1, 0.15) is 6.33 Å². The number of aryl methyl sites for hydroxylation is 1. The minimum absolute atomic E-state index is 0.110. The van der Waals surface area contributed by atoms with Gasteiger partial charge in [0, 0.05) is 6.54 Å². The summed E-state index contributed by atoms with van der Waals surface area (Å²) in [6.07, 6.45) is 1.96. The highest BCUT2D eigenvalue weighted by Crippen LogP contribution is 2.18. The Bertz CT molecular complexity index is 717. The van der Waals surface area contributed by atoms with Gasteiger partial charge in [-0.1, -0.05) is 13.8 Å². The van der Waals surface area contributed by atoms with Gasteiger partial charge in [-0.15, -0.1) is 0 Å². The molecule has 21 heavy (non-hydrogen) atoms. The molecular weight excluding hydrogens is 276 g/mol. The van der Waals surface area contributed by atoms with Gasteiger partial charge in [-0.3, -0.25) is 9.36 Å². The number of esters is 1. The van der Waals surface area contributed by atoms with Crippen LogP contribution in [0.5, 0.6) is 5.88 Å². The molecule has 0 atom stereocenters. The van der Waals surface area contributed by atoms with Crippen LogP contribution in [-0.4, -0.2) is 36.8 Å². The van der Waals surface area contributed by atoms with E-state index in [0.717, 1.165) is 10.9 Å². The normalized spacial score (nSPS) is 11.2. The molecule has 8 nitrogen and oxygen atoms in total. The number of aromatic hydroxyl groups is 1. The minimum Gasteiger partial charge on any atom is -0.494 e. The molecule has 2 heterocycles. The van der Waals surface area contributed by atoms with E-state index in [1.165, 1.54) is 10.9 Å². The van der Waals surface area contributed by atoms with Crippen LogP contribution in [-0.2, 0) is 11.3 Å². The fourth-order valence-electron chi connectivity index (χ4n) is 1.97. The second-order valence-corrected chi connectivity index (χ2v) is 5.03. The summed E-state index contributed by atoms with van der Waals surface area (Å²) in [7, 11) is 0. The molecule has 0 bridgehead atoms. The molecule has 2 aromatic rings. The summed E-state index contributed by atoms with van der Waals surface area (Å²) >= 11 is 0. The molecule has 0 radical (unpaired) electrons. The Morgan fingerprint density at radius 1 is 1.48 bits per heavy atom. The molecule has 0 fully saturated rings. The van der Waals surface area contributed by atoms with Crippen molar-refractivity contribution in [3.8, 4) is 5.88 Å². The van der Waals surface area contributed by atoms with E-state index < -0.39 is 23.0 Å². The topological polar surface area (TPSA) is 98.7 Å². The van der Waals surface area contributed by atoms with Crippen LogP contribution >= 0.6 is 0 Å². The Labute approximate surface area is 121 Å². The van der Waals surface area contributed by atoms with E-state index in [2.05, 4.69) is 10.1 Å². The lowest BCUT2D eigenvalue weighted by Crippen LogP contribution is -2.28. The molecule has 0 aliphatic heterocycles. The smallest absolute Gasteiger partial charge is 0.349 e. The fraction of sp³-hybridized carbons (Fsp3) is 0.538. The Balaban J connectivity index is 2.63. The molecule has 2 aromatic heterocycles. The monoisotopic (exact) mass is 294 g/mol. The number of carbonyl (C=O) groups excluding carboxylic acids is 1. The Morgan fingerprint density at radius 2 is 2.19 bits per heavy atom. The van der Waals surface area contributed by atoms with Crippen LogP contribution in [0.2, 0.25) is 0 Å². The largest absolute Gasteiger partial charge is 0.494 e. The van der Waals surface area contributed by atoms with Crippen molar-refractivity contribution in [3.05, 3.63) is 22.2 Å². The molecule has 8 heteroatoms. The molecule has 0 spiro atoms. The maximum absolute atomic E-state index is 12.2. The van der Waals surface area contributed by atoms with Crippen LogP contribution in [0.3, 0.4) is 0 Å². The molecule has 0 saturated heterocycles. The number of nitrogens with zero attached hydrogens (tertiary/aromatic N) is 4. The van der Waals surface area contributed by atoms with Crippen molar-refractivity contribution in [3.63, 3.8) is 0 Å². The van der Waals surface area contributed by atoms with Crippen molar-refractivity contribution in [1.29, 1.82) is 0 Å². The summed E-state index contributed by atoms with van der Waals surface area (Å²) < 4.78 is 7.22. The summed E-state index contributed by atoms with van der Waals surface area (Å²) in [5, 5.41) is 14.1. The van der Waals surface area contributed by atoms with Crippen molar-refractivity contribution >= 4 is 11.7 Å². The molecule has 2 rings (SSSR count). The van der Waals surface area contributed by atoms with Crippen LogP contribution in [0, 0.1) is 5.92 Å². The number of hydrogen-bond donors (Lipinski definition) is 1. The summed E-state index contributed by atoms with van der Waals surface area (Å²) in [4.78, 5) is 28.1. The third kappa shape index (κ3) is 2.74. The van der Waals surface area contributed by atoms with Crippen molar-refractivity contribution < 1.29 is 14.6 Å². The predicted octanol–water partition coefficient (Wildman–Crippen LogP) is 0.819. The van der Waals surface area contributed by atoms with Gasteiger partial charge in [-0.2, -0.15) is 14.6 Å². The molecule has 0 amide bonds. The van der Waals surface area contributed by atoms with E-state index in [9.17, 15) is 14.7 Å². The van der Waals surface area contributed by atoms with E-state index in [0.29, 0.717) is 12.5 Å². The van der Waals surface area contributed by atoms with Crippen LogP contribution in [0.15, 0.2) is 11.1 Å².